The first-order valence-electron chi connectivity index (χ1n) is 8.79. The van der Waals surface area contributed by atoms with Gasteiger partial charge in [-0.2, -0.15) is 0 Å². The Morgan fingerprint density at radius 3 is 2.70 bits per heavy atom. The first-order chi connectivity index (χ1) is 13.1. The number of aromatic nitrogens is 2. The lowest BCUT2D eigenvalue weighted by molar-refractivity contribution is 0.0696. The van der Waals surface area contributed by atoms with Gasteiger partial charge in [-0.05, 0) is 61.2 Å². The quantitative estimate of drug-likeness (QED) is 0.770. The number of hydrogen-bond donors (Lipinski definition) is 1. The van der Waals surface area contributed by atoms with Crippen molar-refractivity contribution >= 4 is 23.3 Å². The van der Waals surface area contributed by atoms with Crippen molar-refractivity contribution in [3.63, 3.8) is 0 Å². The van der Waals surface area contributed by atoms with E-state index in [1.165, 1.54) is 16.7 Å². The second kappa shape index (κ2) is 6.72. The molecule has 1 aliphatic carbocycles. The van der Waals surface area contributed by atoms with E-state index in [2.05, 4.69) is 4.98 Å². The molecule has 0 spiro atoms. The lowest BCUT2D eigenvalue weighted by Gasteiger charge is -2.06. The van der Waals surface area contributed by atoms with E-state index < -0.39 is 5.97 Å². The fourth-order valence-electron chi connectivity index (χ4n) is 3.34. The van der Waals surface area contributed by atoms with E-state index in [1.54, 1.807) is 6.07 Å². The van der Waals surface area contributed by atoms with E-state index in [0.29, 0.717) is 29.9 Å². The summed E-state index contributed by atoms with van der Waals surface area (Å²) in [5, 5.41) is 9.13. The van der Waals surface area contributed by atoms with Gasteiger partial charge in [0.1, 0.15) is 11.4 Å². The van der Waals surface area contributed by atoms with Gasteiger partial charge in [0.05, 0.1) is 17.9 Å². The number of aromatic carboxylic acids is 1. The highest BCUT2D eigenvalue weighted by Crippen LogP contribution is 2.31. The fourth-order valence-corrected chi connectivity index (χ4v) is 3.34. The van der Waals surface area contributed by atoms with E-state index in [0.717, 1.165) is 23.3 Å². The van der Waals surface area contributed by atoms with Crippen molar-refractivity contribution in [2.75, 3.05) is 6.61 Å². The minimum Gasteiger partial charge on any atom is -0.494 e. The van der Waals surface area contributed by atoms with Crippen LogP contribution in [-0.2, 0) is 6.42 Å². The molecule has 6 heteroatoms. The highest BCUT2D eigenvalue weighted by molar-refractivity contribution is 5.88. The van der Waals surface area contributed by atoms with Gasteiger partial charge < -0.3 is 9.84 Å². The van der Waals surface area contributed by atoms with Crippen LogP contribution in [0.3, 0.4) is 0 Å². The summed E-state index contributed by atoms with van der Waals surface area (Å²) in [6, 6.07) is 10.8. The third-order valence-corrected chi connectivity index (χ3v) is 4.64. The average molecular weight is 362 g/mol. The van der Waals surface area contributed by atoms with Gasteiger partial charge in [0, 0.05) is 11.8 Å². The molecule has 2 heterocycles. The molecule has 0 saturated heterocycles. The SMILES string of the molecule is CCOc1ccc(/C=C2/CCc3c2nc2ccc(C(=O)O)cn2c3=O)cc1. The van der Waals surface area contributed by atoms with Crippen molar-refractivity contribution in [2.24, 2.45) is 0 Å². The normalized spacial score (nSPS) is 14.5. The van der Waals surface area contributed by atoms with E-state index in [1.807, 2.05) is 37.3 Å². The van der Waals surface area contributed by atoms with Gasteiger partial charge in [-0.15, -0.1) is 0 Å². The summed E-state index contributed by atoms with van der Waals surface area (Å²) >= 11 is 0. The molecule has 0 unspecified atom stereocenters. The topological polar surface area (TPSA) is 80.9 Å². The number of pyridine rings is 1. The molecule has 1 N–H and O–H groups in total. The maximum absolute atomic E-state index is 12.8. The summed E-state index contributed by atoms with van der Waals surface area (Å²) in [6.45, 7) is 2.57. The molecule has 27 heavy (non-hydrogen) atoms. The molecule has 1 aliphatic rings. The van der Waals surface area contributed by atoms with Crippen LogP contribution in [-0.4, -0.2) is 27.1 Å². The molecular formula is C21H18N2O4. The second-order valence-corrected chi connectivity index (χ2v) is 6.37. The molecule has 0 radical (unpaired) electrons. The van der Waals surface area contributed by atoms with Crippen LogP contribution in [0, 0.1) is 0 Å². The maximum atomic E-state index is 12.8. The first-order valence-corrected chi connectivity index (χ1v) is 8.79. The lowest BCUT2D eigenvalue weighted by atomic mass is 10.1. The van der Waals surface area contributed by atoms with Crippen molar-refractivity contribution in [1.29, 1.82) is 0 Å². The summed E-state index contributed by atoms with van der Waals surface area (Å²) < 4.78 is 6.78. The molecular weight excluding hydrogens is 344 g/mol. The van der Waals surface area contributed by atoms with Crippen LogP contribution in [0.15, 0.2) is 47.4 Å². The Morgan fingerprint density at radius 1 is 1.22 bits per heavy atom. The van der Waals surface area contributed by atoms with Gasteiger partial charge in [-0.1, -0.05) is 12.1 Å². The van der Waals surface area contributed by atoms with Crippen molar-refractivity contribution in [3.05, 3.63) is 75.3 Å². The van der Waals surface area contributed by atoms with Crippen LogP contribution in [0.2, 0.25) is 0 Å². The number of benzene rings is 1. The van der Waals surface area contributed by atoms with Crippen molar-refractivity contribution < 1.29 is 14.6 Å². The van der Waals surface area contributed by atoms with Crippen molar-refractivity contribution in [2.45, 2.75) is 19.8 Å². The Hall–Kier alpha value is -3.41. The summed E-state index contributed by atoms with van der Waals surface area (Å²) in [5.74, 6) is -0.247. The average Bonchev–Trinajstić information content (AvgIpc) is 3.06. The number of carbonyl (C=O) groups is 1. The summed E-state index contributed by atoms with van der Waals surface area (Å²) in [7, 11) is 0. The Morgan fingerprint density at radius 2 is 2.00 bits per heavy atom. The molecule has 2 aromatic heterocycles. The molecule has 0 amide bonds. The number of hydrogen-bond acceptors (Lipinski definition) is 4. The van der Waals surface area contributed by atoms with Gasteiger partial charge in [0.2, 0.25) is 0 Å². The number of carboxylic acid groups (broad SMARTS) is 1. The zero-order valence-electron chi connectivity index (χ0n) is 14.8. The molecule has 0 saturated carbocycles. The Kier molecular flexibility index (Phi) is 4.24. The predicted molar refractivity (Wildman–Crippen MR) is 102 cm³/mol. The molecule has 1 aromatic carbocycles. The summed E-state index contributed by atoms with van der Waals surface area (Å²) in [4.78, 5) is 28.6. The van der Waals surface area contributed by atoms with Crippen LogP contribution in [0.5, 0.6) is 5.75 Å². The van der Waals surface area contributed by atoms with Crippen LogP contribution in [0.25, 0.3) is 17.3 Å². The van der Waals surface area contributed by atoms with Crippen molar-refractivity contribution in [1.82, 2.24) is 9.38 Å². The summed E-state index contributed by atoms with van der Waals surface area (Å²) in [6.07, 6.45) is 4.70. The minimum atomic E-state index is -1.07. The number of rotatable bonds is 4. The third kappa shape index (κ3) is 3.10. The smallest absolute Gasteiger partial charge is 0.337 e. The van der Waals surface area contributed by atoms with Crippen LogP contribution in [0.1, 0.15) is 40.5 Å². The highest BCUT2D eigenvalue weighted by atomic mass is 16.5. The van der Waals surface area contributed by atoms with E-state index in [4.69, 9.17) is 9.84 Å². The first kappa shape index (κ1) is 17.0. The number of carboxylic acids is 1. The lowest BCUT2D eigenvalue weighted by Crippen LogP contribution is -2.20. The van der Waals surface area contributed by atoms with Crippen LogP contribution in [0.4, 0.5) is 0 Å². The largest absolute Gasteiger partial charge is 0.494 e. The monoisotopic (exact) mass is 362 g/mol. The molecule has 4 rings (SSSR count). The summed E-state index contributed by atoms with van der Waals surface area (Å²) in [5.41, 5.74) is 3.68. The number of fused-ring (bicyclic) bond motifs is 2. The Labute approximate surface area is 155 Å². The molecule has 136 valence electrons. The van der Waals surface area contributed by atoms with Gasteiger partial charge in [-0.25, -0.2) is 9.78 Å². The van der Waals surface area contributed by atoms with Gasteiger partial charge in [-0.3, -0.25) is 9.20 Å². The third-order valence-electron chi connectivity index (χ3n) is 4.64. The number of ether oxygens (including phenoxy) is 1. The standard InChI is InChI=1S/C21H18N2O4/c1-2-27-16-7-3-13(4-8-16)11-14-5-9-17-19(14)22-18-10-6-15(21(25)26)12-23(18)20(17)24/h3-4,6-8,10-12H,2,5,9H2,1H3,(H,25,26)/b14-11-. The van der Waals surface area contributed by atoms with Gasteiger partial charge in [0.15, 0.2) is 0 Å². The Balaban J connectivity index is 1.77. The second-order valence-electron chi connectivity index (χ2n) is 6.37. The number of allylic oxidation sites excluding steroid dienone is 1. The van der Waals surface area contributed by atoms with E-state index in [9.17, 15) is 9.59 Å². The highest BCUT2D eigenvalue weighted by Gasteiger charge is 2.23. The van der Waals surface area contributed by atoms with Gasteiger partial charge in [0.25, 0.3) is 5.56 Å². The minimum absolute atomic E-state index is 0.0644. The number of nitrogens with zero attached hydrogens (tertiary/aromatic N) is 2. The predicted octanol–water partition coefficient (Wildman–Crippen LogP) is 3.28. The molecule has 6 nitrogen and oxygen atoms in total. The van der Waals surface area contributed by atoms with Crippen LogP contribution < -0.4 is 10.3 Å². The Bertz CT molecular complexity index is 1130. The van der Waals surface area contributed by atoms with Crippen LogP contribution >= 0.6 is 0 Å². The zero-order chi connectivity index (χ0) is 19.0. The zero-order valence-corrected chi connectivity index (χ0v) is 14.8. The van der Waals surface area contributed by atoms with Crippen molar-refractivity contribution in [3.8, 4) is 5.75 Å². The molecule has 0 bridgehead atoms. The van der Waals surface area contributed by atoms with E-state index >= 15 is 0 Å². The fraction of sp³-hybridized carbons (Fsp3) is 0.190. The van der Waals surface area contributed by atoms with E-state index in [-0.39, 0.29) is 11.1 Å². The molecule has 0 fully saturated rings. The molecule has 3 aromatic rings. The molecule has 0 aliphatic heterocycles. The van der Waals surface area contributed by atoms with Gasteiger partial charge >= 0.3 is 5.97 Å². The molecule has 0 atom stereocenters. The maximum Gasteiger partial charge on any atom is 0.337 e.